The molecule has 0 saturated carbocycles. The van der Waals surface area contributed by atoms with Gasteiger partial charge in [-0.25, -0.2) is 0 Å². The minimum atomic E-state index is -0.0574. The van der Waals surface area contributed by atoms with Gasteiger partial charge in [0.1, 0.15) is 0 Å². The van der Waals surface area contributed by atoms with Crippen molar-refractivity contribution in [2.75, 3.05) is 32.1 Å². The van der Waals surface area contributed by atoms with E-state index in [-0.39, 0.29) is 11.9 Å². The Hall–Kier alpha value is -2.40. The molecule has 23 heavy (non-hydrogen) atoms. The third kappa shape index (κ3) is 3.68. The Labute approximate surface area is 136 Å². The van der Waals surface area contributed by atoms with E-state index in [1.54, 1.807) is 12.4 Å². The highest BCUT2D eigenvalue weighted by atomic mass is 16.1. The van der Waals surface area contributed by atoms with E-state index in [1.165, 1.54) is 0 Å². The van der Waals surface area contributed by atoms with Crippen molar-refractivity contribution in [3.63, 3.8) is 0 Å². The lowest BCUT2D eigenvalue weighted by Crippen LogP contribution is -2.36. The molecule has 0 spiro atoms. The molecule has 5 nitrogen and oxygen atoms in total. The topological polar surface area (TPSA) is 57.3 Å². The molecule has 0 aliphatic carbocycles. The van der Waals surface area contributed by atoms with E-state index in [4.69, 9.17) is 0 Å². The third-order valence-corrected chi connectivity index (χ3v) is 4.11. The lowest BCUT2D eigenvalue weighted by molar-refractivity contribution is 0.0939. The van der Waals surface area contributed by atoms with Gasteiger partial charge in [0, 0.05) is 50.3 Å². The Bertz CT molecular complexity index is 676. The molecule has 2 aromatic rings. The number of hydrogen-bond donors (Lipinski definition) is 2. The largest absolute Gasteiger partial charge is 0.378 e. The second kappa shape index (κ2) is 6.79. The van der Waals surface area contributed by atoms with Crippen LogP contribution >= 0.6 is 0 Å². The molecule has 2 N–H and O–H groups in total. The Balaban J connectivity index is 1.77. The van der Waals surface area contributed by atoms with Gasteiger partial charge in [0.25, 0.3) is 5.91 Å². The molecule has 1 aromatic carbocycles. The number of anilines is 1. The van der Waals surface area contributed by atoms with Crippen LogP contribution in [0.15, 0.2) is 42.7 Å². The molecule has 1 aliphatic rings. The number of hydrogen-bond acceptors (Lipinski definition) is 4. The molecule has 1 aromatic heterocycles. The normalized spacial score (nSPS) is 17.0. The van der Waals surface area contributed by atoms with Gasteiger partial charge in [-0.1, -0.05) is 12.1 Å². The van der Waals surface area contributed by atoms with Gasteiger partial charge in [-0.3, -0.25) is 9.78 Å². The second-order valence-electron chi connectivity index (χ2n) is 6.07. The number of nitrogens with one attached hydrogen (secondary N) is 2. The molecule has 1 aliphatic heterocycles. The maximum Gasteiger partial charge on any atom is 0.253 e. The summed E-state index contributed by atoms with van der Waals surface area (Å²) in [7, 11) is 4.03. The van der Waals surface area contributed by atoms with E-state index >= 15 is 0 Å². The summed E-state index contributed by atoms with van der Waals surface area (Å²) < 4.78 is 0. The van der Waals surface area contributed by atoms with E-state index < -0.39 is 0 Å². The van der Waals surface area contributed by atoms with Crippen LogP contribution in [-0.2, 0) is 0 Å². The number of nitrogens with zero attached hydrogens (tertiary/aromatic N) is 2. The van der Waals surface area contributed by atoms with Crippen LogP contribution in [0.25, 0.3) is 11.1 Å². The molecule has 1 amide bonds. The van der Waals surface area contributed by atoms with Crippen molar-refractivity contribution in [2.24, 2.45) is 0 Å². The Morgan fingerprint density at radius 2 is 2.00 bits per heavy atom. The molecule has 2 heterocycles. The molecule has 5 heteroatoms. The Morgan fingerprint density at radius 1 is 1.22 bits per heavy atom. The van der Waals surface area contributed by atoms with Crippen LogP contribution in [0, 0.1) is 0 Å². The first-order valence-corrected chi connectivity index (χ1v) is 7.88. The minimum Gasteiger partial charge on any atom is -0.378 e. The van der Waals surface area contributed by atoms with Gasteiger partial charge in [0.2, 0.25) is 0 Å². The summed E-state index contributed by atoms with van der Waals surface area (Å²) in [5.41, 5.74) is 3.75. The van der Waals surface area contributed by atoms with Gasteiger partial charge in [-0.05, 0) is 36.7 Å². The van der Waals surface area contributed by atoms with Crippen molar-refractivity contribution in [1.29, 1.82) is 0 Å². The fourth-order valence-corrected chi connectivity index (χ4v) is 2.72. The van der Waals surface area contributed by atoms with Crippen LogP contribution in [-0.4, -0.2) is 44.1 Å². The zero-order valence-corrected chi connectivity index (χ0v) is 13.5. The van der Waals surface area contributed by atoms with Crippen LogP contribution in [0.4, 0.5) is 5.69 Å². The highest BCUT2D eigenvalue weighted by Gasteiger charge is 2.18. The number of carbonyl (C=O) groups is 1. The zero-order chi connectivity index (χ0) is 16.2. The van der Waals surface area contributed by atoms with E-state index in [0.29, 0.717) is 5.56 Å². The zero-order valence-electron chi connectivity index (χ0n) is 13.5. The van der Waals surface area contributed by atoms with E-state index in [2.05, 4.69) is 44.8 Å². The van der Waals surface area contributed by atoms with Gasteiger partial charge >= 0.3 is 0 Å². The highest BCUT2D eigenvalue weighted by Crippen LogP contribution is 2.22. The number of carbonyl (C=O) groups excluding carboxylic acids is 1. The van der Waals surface area contributed by atoms with Crippen molar-refractivity contribution >= 4 is 11.6 Å². The summed E-state index contributed by atoms with van der Waals surface area (Å²) in [4.78, 5) is 18.6. The number of benzene rings is 1. The van der Waals surface area contributed by atoms with Gasteiger partial charge in [0.15, 0.2) is 0 Å². The minimum absolute atomic E-state index is 0.0574. The van der Waals surface area contributed by atoms with Gasteiger partial charge in [-0.2, -0.15) is 0 Å². The van der Waals surface area contributed by atoms with E-state index in [0.717, 1.165) is 36.3 Å². The van der Waals surface area contributed by atoms with Crippen LogP contribution < -0.4 is 15.5 Å². The maximum absolute atomic E-state index is 12.3. The molecule has 120 valence electrons. The van der Waals surface area contributed by atoms with Crippen LogP contribution in [0.5, 0.6) is 0 Å². The van der Waals surface area contributed by atoms with Crippen molar-refractivity contribution in [3.05, 3.63) is 48.3 Å². The Morgan fingerprint density at radius 3 is 2.65 bits per heavy atom. The summed E-state index contributed by atoms with van der Waals surface area (Å²) in [6.07, 6.45) is 4.39. The van der Waals surface area contributed by atoms with Crippen molar-refractivity contribution < 1.29 is 4.79 Å². The van der Waals surface area contributed by atoms with Crippen LogP contribution in [0.2, 0.25) is 0 Å². The molecule has 0 radical (unpaired) electrons. The quantitative estimate of drug-likeness (QED) is 0.906. The Kier molecular flexibility index (Phi) is 4.57. The summed E-state index contributed by atoms with van der Waals surface area (Å²) in [5.74, 6) is -0.0574. The second-order valence-corrected chi connectivity index (χ2v) is 6.07. The number of rotatable bonds is 4. The fraction of sp³-hybridized carbons (Fsp3) is 0.333. The highest BCUT2D eigenvalue weighted by molar-refractivity contribution is 5.95. The van der Waals surface area contributed by atoms with Crippen LogP contribution in [0.3, 0.4) is 0 Å². The van der Waals surface area contributed by atoms with Crippen molar-refractivity contribution in [1.82, 2.24) is 15.6 Å². The first-order valence-electron chi connectivity index (χ1n) is 7.88. The molecule has 1 atom stereocenters. The summed E-state index contributed by atoms with van der Waals surface area (Å²) in [6.45, 7) is 1.80. The average Bonchev–Trinajstić information content (AvgIpc) is 3.08. The fourth-order valence-electron chi connectivity index (χ4n) is 2.72. The molecular formula is C18H22N4O. The first kappa shape index (κ1) is 15.5. The van der Waals surface area contributed by atoms with E-state index in [9.17, 15) is 4.79 Å². The summed E-state index contributed by atoms with van der Waals surface area (Å²) >= 11 is 0. The molecule has 1 saturated heterocycles. The average molecular weight is 310 g/mol. The van der Waals surface area contributed by atoms with Crippen LogP contribution in [0.1, 0.15) is 16.8 Å². The molecule has 1 unspecified atom stereocenters. The maximum atomic E-state index is 12.3. The summed E-state index contributed by atoms with van der Waals surface area (Å²) in [6, 6.07) is 10.3. The molecule has 1 fully saturated rings. The molecule has 3 rings (SSSR count). The standard InChI is InChI=1S/C18H22N4O/c1-22(2)17-5-3-13(4-6-17)14-9-15(11-20-10-14)18(23)21-16-7-8-19-12-16/h3-6,9-11,16,19H,7-8,12H2,1-2H3,(H,21,23). The lowest BCUT2D eigenvalue weighted by Gasteiger charge is -2.13. The lowest BCUT2D eigenvalue weighted by atomic mass is 10.0. The van der Waals surface area contributed by atoms with Gasteiger partial charge in [0.05, 0.1) is 5.56 Å². The smallest absolute Gasteiger partial charge is 0.253 e. The number of pyridine rings is 1. The van der Waals surface area contributed by atoms with Gasteiger partial charge in [-0.15, -0.1) is 0 Å². The number of aromatic nitrogens is 1. The predicted molar refractivity (Wildman–Crippen MR) is 92.7 cm³/mol. The van der Waals surface area contributed by atoms with Gasteiger partial charge < -0.3 is 15.5 Å². The number of amides is 1. The van der Waals surface area contributed by atoms with Crippen molar-refractivity contribution in [3.8, 4) is 11.1 Å². The van der Waals surface area contributed by atoms with Crippen molar-refractivity contribution in [2.45, 2.75) is 12.5 Å². The van der Waals surface area contributed by atoms with E-state index in [1.807, 2.05) is 20.2 Å². The SMILES string of the molecule is CN(C)c1ccc(-c2cncc(C(=O)NC3CCNC3)c2)cc1. The first-order chi connectivity index (χ1) is 11.1. The molecular weight excluding hydrogens is 288 g/mol. The monoisotopic (exact) mass is 310 g/mol. The summed E-state index contributed by atoms with van der Waals surface area (Å²) in [5, 5.41) is 6.30. The third-order valence-electron chi connectivity index (χ3n) is 4.11. The molecule has 0 bridgehead atoms. The predicted octanol–water partition coefficient (Wildman–Crippen LogP) is 1.91.